The number of nitrogens with zero attached hydrogens (tertiary/aromatic N) is 1. The van der Waals surface area contributed by atoms with Crippen molar-refractivity contribution in [2.24, 2.45) is 0 Å². The molecule has 2 aliphatic carbocycles. The Balaban J connectivity index is 1.60. The number of anilines is 1. The lowest BCUT2D eigenvalue weighted by molar-refractivity contribution is 0.256. The van der Waals surface area contributed by atoms with E-state index in [0.717, 1.165) is 63.7 Å². The number of benzene rings is 1. The van der Waals surface area contributed by atoms with E-state index >= 15 is 0 Å². The Labute approximate surface area is 162 Å². The highest BCUT2D eigenvalue weighted by Gasteiger charge is 2.25. The minimum atomic E-state index is -3.61. The van der Waals surface area contributed by atoms with Crippen LogP contribution in [0.4, 0.5) is 10.5 Å². The van der Waals surface area contributed by atoms with E-state index in [1.807, 2.05) is 7.05 Å². The first-order valence-corrected chi connectivity index (χ1v) is 11.7. The number of fused-ring (bicyclic) bond motifs is 2. The molecule has 0 saturated carbocycles. The number of amides is 2. The lowest BCUT2D eigenvalue weighted by atomic mass is 9.99. The topological polar surface area (TPSA) is 78.5 Å². The van der Waals surface area contributed by atoms with Gasteiger partial charge in [-0.25, -0.2) is 17.9 Å². The zero-order chi connectivity index (χ0) is 19.4. The molecular formula is C20H31N3O3S. The fourth-order valence-electron chi connectivity index (χ4n) is 4.13. The van der Waals surface area contributed by atoms with E-state index in [1.165, 1.54) is 22.3 Å². The molecule has 2 N–H and O–H groups in total. The number of sulfonamides is 1. The number of rotatable bonds is 8. The number of carbonyl (C=O) groups excluding carboxylic acids is 1. The van der Waals surface area contributed by atoms with Crippen molar-refractivity contribution in [3.8, 4) is 0 Å². The number of carbonyl (C=O) groups is 1. The molecule has 2 amide bonds. The monoisotopic (exact) mass is 393 g/mol. The van der Waals surface area contributed by atoms with Crippen molar-refractivity contribution in [2.45, 2.75) is 58.3 Å². The maximum absolute atomic E-state index is 12.4. The van der Waals surface area contributed by atoms with Gasteiger partial charge in [-0.2, -0.15) is 0 Å². The second-order valence-electron chi connectivity index (χ2n) is 7.71. The van der Waals surface area contributed by atoms with Gasteiger partial charge in [-0.05, 0) is 93.8 Å². The molecule has 3 rings (SSSR count). The van der Waals surface area contributed by atoms with Crippen molar-refractivity contribution < 1.29 is 13.2 Å². The Morgan fingerprint density at radius 1 is 1.07 bits per heavy atom. The summed E-state index contributed by atoms with van der Waals surface area (Å²) in [5, 5.41) is 2.88. The van der Waals surface area contributed by atoms with Crippen molar-refractivity contribution in [1.29, 1.82) is 0 Å². The Kier molecular flexibility index (Phi) is 6.42. The summed E-state index contributed by atoms with van der Waals surface area (Å²) in [5.74, 6) is -0.0248. The second-order valence-corrected chi connectivity index (χ2v) is 9.55. The van der Waals surface area contributed by atoms with Crippen molar-refractivity contribution >= 4 is 21.7 Å². The molecule has 150 valence electrons. The van der Waals surface area contributed by atoms with E-state index in [0.29, 0.717) is 6.42 Å². The lowest BCUT2D eigenvalue weighted by Crippen LogP contribution is -2.36. The first kappa shape index (κ1) is 20.1. The van der Waals surface area contributed by atoms with Crippen LogP contribution in [0.15, 0.2) is 6.07 Å². The van der Waals surface area contributed by atoms with Gasteiger partial charge in [0.2, 0.25) is 10.0 Å². The maximum Gasteiger partial charge on any atom is 0.332 e. The Morgan fingerprint density at radius 2 is 1.70 bits per heavy atom. The molecule has 2 aliphatic rings. The van der Waals surface area contributed by atoms with Crippen LogP contribution >= 0.6 is 0 Å². The van der Waals surface area contributed by atoms with Gasteiger partial charge in [0.15, 0.2) is 0 Å². The van der Waals surface area contributed by atoms with E-state index in [1.54, 1.807) is 0 Å². The van der Waals surface area contributed by atoms with Gasteiger partial charge in [-0.1, -0.05) is 13.0 Å². The first-order valence-electron chi connectivity index (χ1n) is 10.1. The molecule has 6 nitrogen and oxygen atoms in total. The highest BCUT2D eigenvalue weighted by molar-refractivity contribution is 7.90. The SMILES string of the molecule is CCN(C)CCCCS(=O)(=O)NC(=O)Nc1c2c(cc3c1CCC3)CCC2. The van der Waals surface area contributed by atoms with Gasteiger partial charge in [0.05, 0.1) is 5.75 Å². The van der Waals surface area contributed by atoms with E-state index in [2.05, 4.69) is 27.9 Å². The van der Waals surface area contributed by atoms with Crippen molar-refractivity contribution in [1.82, 2.24) is 9.62 Å². The van der Waals surface area contributed by atoms with E-state index in [4.69, 9.17) is 0 Å². The van der Waals surface area contributed by atoms with Gasteiger partial charge < -0.3 is 10.2 Å². The third-order valence-electron chi connectivity index (χ3n) is 5.70. The number of urea groups is 1. The van der Waals surface area contributed by atoms with Crippen molar-refractivity contribution in [3.05, 3.63) is 28.3 Å². The molecule has 1 aromatic rings. The fourth-order valence-corrected chi connectivity index (χ4v) is 5.15. The molecule has 0 unspecified atom stereocenters. The van der Waals surface area contributed by atoms with E-state index in [9.17, 15) is 13.2 Å². The quantitative estimate of drug-likeness (QED) is 0.666. The summed E-state index contributed by atoms with van der Waals surface area (Å²) in [6.07, 6.45) is 7.53. The third kappa shape index (κ3) is 5.02. The molecule has 0 saturated heterocycles. The maximum atomic E-state index is 12.4. The fraction of sp³-hybridized carbons (Fsp3) is 0.650. The van der Waals surface area contributed by atoms with Crippen LogP contribution in [0.25, 0.3) is 0 Å². The Morgan fingerprint density at radius 3 is 2.30 bits per heavy atom. The van der Waals surface area contributed by atoms with Crippen LogP contribution in [0.3, 0.4) is 0 Å². The van der Waals surface area contributed by atoms with Gasteiger partial charge in [-0.3, -0.25) is 0 Å². The standard InChI is InChI=1S/C20H31N3O3S/c1-3-23(2)12-4-5-13-27(25,26)22-20(24)21-19-17-10-6-8-15(17)14-16-9-7-11-18(16)19/h14H,3-13H2,1-2H3,(H2,21,22,24). The van der Waals surface area contributed by atoms with Crippen molar-refractivity contribution in [3.63, 3.8) is 0 Å². The van der Waals surface area contributed by atoms with Crippen LogP contribution in [-0.2, 0) is 35.7 Å². The summed E-state index contributed by atoms with van der Waals surface area (Å²) < 4.78 is 26.7. The van der Waals surface area contributed by atoms with Gasteiger partial charge in [0, 0.05) is 5.69 Å². The molecular weight excluding hydrogens is 362 g/mol. The van der Waals surface area contributed by atoms with Crippen LogP contribution in [-0.4, -0.2) is 45.2 Å². The smallest absolute Gasteiger partial charge is 0.307 e. The molecule has 0 atom stereocenters. The zero-order valence-corrected chi connectivity index (χ0v) is 17.3. The number of hydrogen-bond acceptors (Lipinski definition) is 4. The summed E-state index contributed by atoms with van der Waals surface area (Å²) in [4.78, 5) is 14.5. The highest BCUT2D eigenvalue weighted by Crippen LogP contribution is 2.38. The average molecular weight is 394 g/mol. The molecule has 0 spiro atoms. The second kappa shape index (κ2) is 8.61. The van der Waals surface area contributed by atoms with E-state index in [-0.39, 0.29) is 5.75 Å². The molecule has 0 aromatic heterocycles. The van der Waals surface area contributed by atoms with Crippen LogP contribution in [0.1, 0.15) is 54.9 Å². The summed E-state index contributed by atoms with van der Waals surface area (Å²) in [7, 11) is -1.60. The summed E-state index contributed by atoms with van der Waals surface area (Å²) in [6.45, 7) is 3.87. The number of aryl methyl sites for hydroxylation is 2. The van der Waals surface area contributed by atoms with Gasteiger partial charge in [-0.15, -0.1) is 0 Å². The van der Waals surface area contributed by atoms with Crippen LogP contribution < -0.4 is 10.0 Å². The molecule has 0 bridgehead atoms. The van der Waals surface area contributed by atoms with Gasteiger partial charge >= 0.3 is 6.03 Å². The normalized spacial score (nSPS) is 15.7. The minimum absolute atomic E-state index is 0.0248. The Bertz CT molecular complexity index is 773. The zero-order valence-electron chi connectivity index (χ0n) is 16.4. The van der Waals surface area contributed by atoms with Crippen molar-refractivity contribution in [2.75, 3.05) is 31.2 Å². The molecule has 27 heavy (non-hydrogen) atoms. The average Bonchev–Trinajstić information content (AvgIpc) is 3.26. The molecule has 1 aromatic carbocycles. The lowest BCUT2D eigenvalue weighted by Gasteiger charge is -2.17. The minimum Gasteiger partial charge on any atom is -0.307 e. The first-order chi connectivity index (χ1) is 12.9. The number of nitrogens with one attached hydrogen (secondary N) is 2. The molecule has 0 aliphatic heterocycles. The van der Waals surface area contributed by atoms with Crippen LogP contribution in [0.2, 0.25) is 0 Å². The predicted molar refractivity (Wildman–Crippen MR) is 109 cm³/mol. The summed E-state index contributed by atoms with van der Waals surface area (Å²) in [5.41, 5.74) is 5.90. The third-order valence-corrected chi connectivity index (χ3v) is 7.03. The molecule has 7 heteroatoms. The predicted octanol–water partition coefficient (Wildman–Crippen LogP) is 2.85. The van der Waals surface area contributed by atoms with Crippen LogP contribution in [0, 0.1) is 0 Å². The van der Waals surface area contributed by atoms with Gasteiger partial charge in [0.25, 0.3) is 0 Å². The summed E-state index contributed by atoms with van der Waals surface area (Å²) >= 11 is 0. The number of hydrogen-bond donors (Lipinski definition) is 2. The summed E-state index contributed by atoms with van der Waals surface area (Å²) in [6, 6.07) is 1.66. The molecule has 0 fully saturated rings. The van der Waals surface area contributed by atoms with Gasteiger partial charge in [0.1, 0.15) is 0 Å². The largest absolute Gasteiger partial charge is 0.332 e. The molecule has 0 radical (unpaired) electrons. The Hall–Kier alpha value is -1.60. The molecule has 0 heterocycles. The number of unbranched alkanes of at least 4 members (excludes halogenated alkanes) is 1. The van der Waals surface area contributed by atoms with Crippen LogP contribution in [0.5, 0.6) is 0 Å². The van der Waals surface area contributed by atoms with E-state index < -0.39 is 16.1 Å². The highest BCUT2D eigenvalue weighted by atomic mass is 32.2.